The van der Waals surface area contributed by atoms with E-state index in [1.165, 1.54) is 30.8 Å². The van der Waals surface area contributed by atoms with E-state index in [2.05, 4.69) is 47.2 Å². The first-order valence-corrected chi connectivity index (χ1v) is 9.39. The lowest BCUT2D eigenvalue weighted by Crippen LogP contribution is -2.18. The van der Waals surface area contributed by atoms with Gasteiger partial charge in [-0.2, -0.15) is 0 Å². The van der Waals surface area contributed by atoms with Crippen LogP contribution in [0.25, 0.3) is 0 Å². The Morgan fingerprint density at radius 2 is 2.04 bits per heavy atom. The van der Waals surface area contributed by atoms with Crippen LogP contribution in [0.3, 0.4) is 0 Å². The predicted octanol–water partition coefficient (Wildman–Crippen LogP) is 5.35. The predicted molar refractivity (Wildman–Crippen MR) is 110 cm³/mol. The molecule has 0 aliphatic heterocycles. The van der Waals surface area contributed by atoms with Crippen molar-refractivity contribution in [1.82, 2.24) is 9.55 Å². The van der Waals surface area contributed by atoms with Crippen LogP contribution in [0.15, 0.2) is 77.5 Å². The van der Waals surface area contributed by atoms with Crippen LogP contribution in [0.1, 0.15) is 46.6 Å². The molecule has 0 radical (unpaired) electrons. The van der Waals surface area contributed by atoms with E-state index in [0.717, 1.165) is 17.6 Å². The van der Waals surface area contributed by atoms with Crippen molar-refractivity contribution >= 4 is 5.97 Å². The van der Waals surface area contributed by atoms with Gasteiger partial charge in [0.15, 0.2) is 0 Å². The van der Waals surface area contributed by atoms with E-state index in [9.17, 15) is 4.79 Å². The van der Waals surface area contributed by atoms with E-state index < -0.39 is 0 Å². The summed E-state index contributed by atoms with van der Waals surface area (Å²) in [5, 5.41) is 0. The number of carbonyl (C=O) groups excluding carboxylic acids is 1. The Hall–Kier alpha value is -2.62. The molecule has 1 heterocycles. The summed E-state index contributed by atoms with van der Waals surface area (Å²) in [6.07, 6.45) is 19.9. The van der Waals surface area contributed by atoms with Crippen molar-refractivity contribution in [3.8, 4) is 0 Å². The van der Waals surface area contributed by atoms with Crippen molar-refractivity contribution in [1.29, 1.82) is 0 Å². The molecule has 1 aromatic rings. The minimum atomic E-state index is -0.334. The lowest BCUT2D eigenvalue weighted by Gasteiger charge is -2.30. The lowest BCUT2D eigenvalue weighted by atomic mass is 9.81. The van der Waals surface area contributed by atoms with Gasteiger partial charge in [0, 0.05) is 18.5 Å². The first-order valence-electron chi connectivity index (χ1n) is 9.39. The van der Waals surface area contributed by atoms with Gasteiger partial charge in [0.1, 0.15) is 0 Å². The van der Waals surface area contributed by atoms with Crippen LogP contribution in [0.5, 0.6) is 0 Å². The quantitative estimate of drug-likeness (QED) is 0.387. The number of methoxy groups -OCH3 is 1. The maximum Gasteiger partial charge on any atom is 0.330 e. The molecule has 4 nitrogen and oxygen atoms in total. The highest BCUT2D eigenvalue weighted by atomic mass is 16.5. The van der Waals surface area contributed by atoms with Crippen LogP contribution in [0.4, 0.5) is 0 Å². The summed E-state index contributed by atoms with van der Waals surface area (Å²) in [6, 6.07) is 0.402. The maximum absolute atomic E-state index is 11.2. The molecule has 2 unspecified atom stereocenters. The van der Waals surface area contributed by atoms with E-state index in [-0.39, 0.29) is 5.97 Å². The third kappa shape index (κ3) is 5.95. The largest absolute Gasteiger partial charge is 0.466 e. The molecule has 4 heteroatoms. The first-order chi connectivity index (χ1) is 12.9. The fourth-order valence-corrected chi connectivity index (χ4v) is 3.40. The van der Waals surface area contributed by atoms with Gasteiger partial charge in [0.2, 0.25) is 0 Å². The van der Waals surface area contributed by atoms with Crippen molar-refractivity contribution in [2.75, 3.05) is 7.11 Å². The molecule has 2 atom stereocenters. The Morgan fingerprint density at radius 1 is 1.26 bits per heavy atom. The zero-order valence-electron chi connectivity index (χ0n) is 17.0. The molecule has 1 aliphatic carbocycles. The van der Waals surface area contributed by atoms with E-state index in [1.54, 1.807) is 0 Å². The number of hydrogen-bond acceptors (Lipinski definition) is 3. The molecule has 1 aromatic heterocycles. The number of hydrogen-bond donors (Lipinski definition) is 0. The van der Waals surface area contributed by atoms with E-state index in [1.807, 2.05) is 43.9 Å². The molecule has 0 amide bonds. The summed E-state index contributed by atoms with van der Waals surface area (Å²) in [5.41, 5.74) is 4.86. The zero-order valence-corrected chi connectivity index (χ0v) is 17.0. The molecule has 0 bridgehead atoms. The van der Waals surface area contributed by atoms with Gasteiger partial charge >= 0.3 is 5.97 Å². The molecule has 0 saturated heterocycles. The molecule has 0 saturated carbocycles. The average molecular weight is 367 g/mol. The van der Waals surface area contributed by atoms with Gasteiger partial charge in [-0.1, -0.05) is 42.9 Å². The van der Waals surface area contributed by atoms with Crippen LogP contribution >= 0.6 is 0 Å². The van der Waals surface area contributed by atoms with Gasteiger partial charge in [0.25, 0.3) is 0 Å². The SMILES string of the molecule is COC(=O)\C=C(C)/C=C/C=C(C)/C=C/C1=C(C)C(n2ccnc2)CCC1C. The molecular weight excluding hydrogens is 336 g/mol. The number of ether oxygens (including phenoxy) is 1. The number of nitrogens with zero attached hydrogens (tertiary/aromatic N) is 2. The number of allylic oxidation sites excluding steroid dienone is 9. The number of imidazole rings is 1. The van der Waals surface area contributed by atoms with Crippen molar-refractivity contribution in [2.24, 2.45) is 5.92 Å². The van der Waals surface area contributed by atoms with Crippen LogP contribution in [-0.4, -0.2) is 22.6 Å². The molecule has 2 rings (SSSR count). The monoisotopic (exact) mass is 366 g/mol. The fourth-order valence-electron chi connectivity index (χ4n) is 3.40. The van der Waals surface area contributed by atoms with Crippen LogP contribution < -0.4 is 0 Å². The van der Waals surface area contributed by atoms with E-state index >= 15 is 0 Å². The Labute approximate surface area is 162 Å². The summed E-state index contributed by atoms with van der Waals surface area (Å²) in [7, 11) is 1.38. The van der Waals surface area contributed by atoms with Gasteiger partial charge in [-0.25, -0.2) is 9.78 Å². The molecule has 0 aromatic carbocycles. The molecule has 1 aliphatic rings. The Balaban J connectivity index is 2.11. The highest BCUT2D eigenvalue weighted by molar-refractivity contribution is 5.83. The summed E-state index contributed by atoms with van der Waals surface area (Å²) in [4.78, 5) is 15.4. The molecule has 0 fully saturated rings. The third-order valence-electron chi connectivity index (χ3n) is 5.03. The minimum absolute atomic E-state index is 0.334. The van der Waals surface area contributed by atoms with Crippen molar-refractivity contribution in [2.45, 2.75) is 46.6 Å². The van der Waals surface area contributed by atoms with Crippen molar-refractivity contribution < 1.29 is 9.53 Å². The highest BCUT2D eigenvalue weighted by Crippen LogP contribution is 2.37. The smallest absolute Gasteiger partial charge is 0.330 e. The second-order valence-corrected chi connectivity index (χ2v) is 7.16. The molecule has 27 heavy (non-hydrogen) atoms. The molecule has 0 N–H and O–H groups in total. The average Bonchev–Trinajstić information content (AvgIpc) is 3.15. The van der Waals surface area contributed by atoms with Crippen LogP contribution in [0.2, 0.25) is 0 Å². The van der Waals surface area contributed by atoms with E-state index in [0.29, 0.717) is 12.0 Å². The summed E-state index contributed by atoms with van der Waals surface area (Å²) >= 11 is 0. The standard InChI is InChI=1S/C23H30N2O2/c1-17(7-6-8-18(2)15-23(26)27-5)9-11-21-19(3)10-12-22(20(21)4)25-14-13-24-16-25/h6-9,11,13-16,19,22H,10,12H2,1-5H3/b8-6+,11-9+,17-7+,18-15-. The van der Waals surface area contributed by atoms with Crippen molar-refractivity contribution in [3.05, 3.63) is 77.5 Å². The summed E-state index contributed by atoms with van der Waals surface area (Å²) < 4.78 is 6.83. The summed E-state index contributed by atoms with van der Waals surface area (Å²) in [5.74, 6) is 0.230. The van der Waals surface area contributed by atoms with E-state index in [4.69, 9.17) is 0 Å². The minimum Gasteiger partial charge on any atom is -0.466 e. The van der Waals surface area contributed by atoms with Gasteiger partial charge in [-0.05, 0) is 56.3 Å². The molecule has 0 spiro atoms. The molecule has 144 valence electrons. The number of aromatic nitrogens is 2. The normalized spacial score (nSPS) is 22.1. The Morgan fingerprint density at radius 3 is 2.70 bits per heavy atom. The number of esters is 1. The van der Waals surface area contributed by atoms with Crippen molar-refractivity contribution in [3.63, 3.8) is 0 Å². The molecular formula is C23H30N2O2. The third-order valence-corrected chi connectivity index (χ3v) is 5.03. The Bertz CT molecular complexity index is 792. The number of carbonyl (C=O) groups is 1. The first kappa shape index (κ1) is 20.7. The lowest BCUT2D eigenvalue weighted by molar-refractivity contribution is -0.134. The van der Waals surface area contributed by atoms with Gasteiger partial charge in [-0.15, -0.1) is 0 Å². The highest BCUT2D eigenvalue weighted by Gasteiger charge is 2.24. The van der Waals surface area contributed by atoms with Gasteiger partial charge in [0.05, 0.1) is 19.5 Å². The van der Waals surface area contributed by atoms with Gasteiger partial charge in [-0.3, -0.25) is 0 Å². The summed E-state index contributed by atoms with van der Waals surface area (Å²) in [6.45, 7) is 8.49. The fraction of sp³-hybridized carbons (Fsp3) is 0.391. The second kappa shape index (κ2) is 9.91. The van der Waals surface area contributed by atoms with Crippen LogP contribution in [0, 0.1) is 5.92 Å². The topological polar surface area (TPSA) is 44.1 Å². The number of rotatable bonds is 6. The van der Waals surface area contributed by atoms with Crippen LogP contribution in [-0.2, 0) is 9.53 Å². The maximum atomic E-state index is 11.2. The second-order valence-electron chi connectivity index (χ2n) is 7.16. The zero-order chi connectivity index (χ0) is 19.8. The Kier molecular flexibility index (Phi) is 7.59. The van der Waals surface area contributed by atoms with Gasteiger partial charge < -0.3 is 9.30 Å².